The summed E-state index contributed by atoms with van der Waals surface area (Å²) in [5, 5.41) is 10.1. The summed E-state index contributed by atoms with van der Waals surface area (Å²) < 4.78 is 0. The lowest BCUT2D eigenvalue weighted by Crippen LogP contribution is -2.14. The summed E-state index contributed by atoms with van der Waals surface area (Å²) in [5.74, 6) is 1.96. The Bertz CT molecular complexity index is 3180. The summed E-state index contributed by atoms with van der Waals surface area (Å²) in [4.78, 5) is 15.5. The molecule has 11 rings (SSSR count). The van der Waals surface area contributed by atoms with Crippen LogP contribution in [0.1, 0.15) is 25.0 Å². The van der Waals surface area contributed by atoms with Crippen molar-refractivity contribution in [3.8, 4) is 56.4 Å². The van der Waals surface area contributed by atoms with Gasteiger partial charge < -0.3 is 0 Å². The van der Waals surface area contributed by atoms with Gasteiger partial charge in [0.05, 0.1) is 0 Å². The van der Waals surface area contributed by atoms with Gasteiger partial charge in [0.2, 0.25) is 0 Å². The van der Waals surface area contributed by atoms with Crippen molar-refractivity contribution < 1.29 is 0 Å². The molecule has 0 unspecified atom stereocenters. The SMILES string of the molecule is CC1(C)c2ccccc2-c2cc(-c3nc(-c4ccccc4)nc(-c4cccc(-c5cc6c7ccccc7c7ccccc7c6c6ccccc56)c4)n3)ccc21. The highest BCUT2D eigenvalue weighted by Gasteiger charge is 2.35. The van der Waals surface area contributed by atoms with E-state index in [1.807, 2.05) is 18.2 Å². The number of benzene rings is 9. The average Bonchev–Trinajstić information content (AvgIpc) is 3.48. The molecule has 0 radical (unpaired) electrons. The van der Waals surface area contributed by atoms with Crippen LogP contribution in [0, 0.1) is 0 Å². The van der Waals surface area contributed by atoms with E-state index in [9.17, 15) is 0 Å². The molecular weight excluding hydrogens is 667 g/mol. The molecule has 55 heavy (non-hydrogen) atoms. The molecule has 0 fully saturated rings. The molecule has 0 atom stereocenters. The molecule has 1 aromatic heterocycles. The van der Waals surface area contributed by atoms with Gasteiger partial charge in [-0.25, -0.2) is 15.0 Å². The molecule has 0 aliphatic heterocycles. The standard InChI is InChI=1S/C52H35N3/c1-52(2)46-26-13-12-23-40(46)44-30-35(27-28-47(44)52)51-54-49(32-15-4-3-5-16-32)53-50(55-51)34-18-14-17-33(29-34)43-31-45-38-21-7-6-19-36(38)37-20-8-10-24-41(37)48(45)42-25-11-9-22-39(42)43/h3-31H,1-2H3. The summed E-state index contributed by atoms with van der Waals surface area (Å²) >= 11 is 0. The van der Waals surface area contributed by atoms with Gasteiger partial charge in [0.15, 0.2) is 17.5 Å². The predicted molar refractivity (Wildman–Crippen MR) is 229 cm³/mol. The van der Waals surface area contributed by atoms with Gasteiger partial charge in [-0.2, -0.15) is 0 Å². The molecule has 9 aromatic carbocycles. The highest BCUT2D eigenvalue weighted by Crippen LogP contribution is 2.49. The minimum Gasteiger partial charge on any atom is -0.208 e. The molecule has 0 bridgehead atoms. The molecule has 3 nitrogen and oxygen atoms in total. The Balaban J connectivity index is 1.12. The first-order valence-corrected chi connectivity index (χ1v) is 18.9. The highest BCUT2D eigenvalue weighted by molar-refractivity contribution is 6.33. The van der Waals surface area contributed by atoms with Crippen molar-refractivity contribution in [1.29, 1.82) is 0 Å². The van der Waals surface area contributed by atoms with Crippen LogP contribution in [0.3, 0.4) is 0 Å². The molecule has 0 N–H and O–H groups in total. The summed E-state index contributed by atoms with van der Waals surface area (Å²) in [6.45, 7) is 4.62. The summed E-state index contributed by atoms with van der Waals surface area (Å²) in [7, 11) is 0. The lowest BCUT2D eigenvalue weighted by atomic mass is 9.82. The zero-order valence-electron chi connectivity index (χ0n) is 30.6. The fourth-order valence-electron chi connectivity index (χ4n) is 9.04. The first-order valence-electron chi connectivity index (χ1n) is 18.9. The van der Waals surface area contributed by atoms with Gasteiger partial charge in [-0.05, 0) is 94.7 Å². The molecule has 1 heterocycles. The Labute approximate surface area is 319 Å². The highest BCUT2D eigenvalue weighted by atomic mass is 15.0. The number of rotatable bonds is 4. The van der Waals surface area contributed by atoms with Crippen LogP contribution in [-0.4, -0.2) is 15.0 Å². The zero-order chi connectivity index (χ0) is 36.7. The summed E-state index contributed by atoms with van der Waals surface area (Å²) in [6.07, 6.45) is 0. The number of hydrogen-bond acceptors (Lipinski definition) is 3. The van der Waals surface area contributed by atoms with Crippen LogP contribution >= 0.6 is 0 Å². The Morgan fingerprint density at radius 2 is 0.800 bits per heavy atom. The van der Waals surface area contributed by atoms with Crippen molar-refractivity contribution in [2.24, 2.45) is 0 Å². The summed E-state index contributed by atoms with van der Waals surface area (Å²) in [5.41, 5.74) is 10.3. The molecule has 0 spiro atoms. The maximum atomic E-state index is 5.22. The van der Waals surface area contributed by atoms with Crippen LogP contribution in [0.2, 0.25) is 0 Å². The lowest BCUT2D eigenvalue weighted by Gasteiger charge is -2.21. The fraction of sp³-hybridized carbons (Fsp3) is 0.0577. The number of nitrogens with zero attached hydrogens (tertiary/aromatic N) is 3. The van der Waals surface area contributed by atoms with E-state index in [0.29, 0.717) is 17.5 Å². The number of aromatic nitrogens is 3. The molecule has 258 valence electrons. The first kappa shape index (κ1) is 31.5. The van der Waals surface area contributed by atoms with Gasteiger partial charge in [-0.3, -0.25) is 0 Å². The number of hydrogen-bond donors (Lipinski definition) is 0. The quantitative estimate of drug-likeness (QED) is 0.171. The van der Waals surface area contributed by atoms with E-state index in [2.05, 4.69) is 172 Å². The topological polar surface area (TPSA) is 38.7 Å². The maximum Gasteiger partial charge on any atom is 0.164 e. The van der Waals surface area contributed by atoms with E-state index in [4.69, 9.17) is 15.0 Å². The molecule has 0 amide bonds. The van der Waals surface area contributed by atoms with E-state index >= 15 is 0 Å². The third kappa shape index (κ3) is 4.86. The molecule has 1 aliphatic carbocycles. The van der Waals surface area contributed by atoms with Crippen molar-refractivity contribution in [3.63, 3.8) is 0 Å². The van der Waals surface area contributed by atoms with Crippen LogP contribution in [-0.2, 0) is 5.41 Å². The minimum absolute atomic E-state index is 0.0727. The average molecular weight is 702 g/mol. The van der Waals surface area contributed by atoms with Gasteiger partial charge in [0.25, 0.3) is 0 Å². The van der Waals surface area contributed by atoms with E-state index in [-0.39, 0.29) is 5.41 Å². The van der Waals surface area contributed by atoms with E-state index in [1.54, 1.807) is 0 Å². The van der Waals surface area contributed by atoms with Gasteiger partial charge >= 0.3 is 0 Å². The Hall–Kier alpha value is -6.97. The second kappa shape index (κ2) is 12.0. The Kier molecular flexibility index (Phi) is 6.90. The van der Waals surface area contributed by atoms with Crippen molar-refractivity contribution in [2.75, 3.05) is 0 Å². The van der Waals surface area contributed by atoms with Gasteiger partial charge in [0.1, 0.15) is 0 Å². The molecule has 10 aromatic rings. The van der Waals surface area contributed by atoms with Crippen LogP contribution in [0.5, 0.6) is 0 Å². The monoisotopic (exact) mass is 701 g/mol. The largest absolute Gasteiger partial charge is 0.208 e. The molecule has 1 aliphatic rings. The van der Waals surface area contributed by atoms with Crippen LogP contribution in [0.4, 0.5) is 0 Å². The molecule has 3 heteroatoms. The molecular formula is C52H35N3. The van der Waals surface area contributed by atoms with Crippen molar-refractivity contribution in [1.82, 2.24) is 15.0 Å². The van der Waals surface area contributed by atoms with Gasteiger partial charge in [0, 0.05) is 22.1 Å². The van der Waals surface area contributed by atoms with Crippen LogP contribution < -0.4 is 0 Å². The normalized spacial score (nSPS) is 13.1. The second-order valence-corrected chi connectivity index (χ2v) is 15.2. The Morgan fingerprint density at radius 3 is 1.53 bits per heavy atom. The van der Waals surface area contributed by atoms with Crippen molar-refractivity contribution in [2.45, 2.75) is 19.3 Å². The molecule has 0 saturated heterocycles. The first-order chi connectivity index (χ1) is 27.0. The second-order valence-electron chi connectivity index (χ2n) is 15.2. The van der Waals surface area contributed by atoms with Crippen LogP contribution in [0.15, 0.2) is 176 Å². The zero-order valence-corrected chi connectivity index (χ0v) is 30.6. The van der Waals surface area contributed by atoms with Gasteiger partial charge in [-0.1, -0.05) is 172 Å². The smallest absolute Gasteiger partial charge is 0.164 e. The van der Waals surface area contributed by atoms with Crippen molar-refractivity contribution >= 4 is 43.1 Å². The van der Waals surface area contributed by atoms with Crippen molar-refractivity contribution in [3.05, 3.63) is 187 Å². The number of fused-ring (bicyclic) bond motifs is 11. The van der Waals surface area contributed by atoms with E-state index < -0.39 is 0 Å². The predicted octanol–water partition coefficient (Wildman–Crippen LogP) is 13.5. The summed E-state index contributed by atoms with van der Waals surface area (Å²) in [6, 6.07) is 63.2. The third-order valence-corrected chi connectivity index (χ3v) is 11.7. The fourth-order valence-corrected chi connectivity index (χ4v) is 9.04. The molecule has 0 saturated carbocycles. The third-order valence-electron chi connectivity index (χ3n) is 11.7. The minimum atomic E-state index is -0.0727. The van der Waals surface area contributed by atoms with Crippen LogP contribution in [0.25, 0.3) is 99.5 Å². The van der Waals surface area contributed by atoms with E-state index in [0.717, 1.165) is 22.3 Å². The lowest BCUT2D eigenvalue weighted by molar-refractivity contribution is 0.660. The van der Waals surface area contributed by atoms with E-state index in [1.165, 1.54) is 70.9 Å². The van der Waals surface area contributed by atoms with Gasteiger partial charge in [-0.15, -0.1) is 0 Å². The maximum absolute atomic E-state index is 5.22. The Morgan fingerprint density at radius 1 is 0.309 bits per heavy atom.